The van der Waals surface area contributed by atoms with Gasteiger partial charge in [0.15, 0.2) is 0 Å². The number of rotatable bonds is 1. The molecule has 4 rings (SSSR count). The third kappa shape index (κ3) is 2.13. The minimum absolute atomic E-state index is 0.0937. The highest BCUT2D eigenvalue weighted by Crippen LogP contribution is 2.67. The number of hydrogen-bond donors (Lipinski definition) is 2. The third-order valence-corrected chi connectivity index (χ3v) is 8.90. The fourth-order valence-electron chi connectivity index (χ4n) is 7.45. The standard InChI is InChI=1S/C21H34O2/c1-14-4-7-17-16-6-5-15-12-19(2,23)10-11-21(15,13-22)18(16)8-9-20(14,17)3/h15-18,22-23H,1,4-13H2,2-3H3/t15-,16-,17-,18-,19+,20+,21+/m0/s1. The smallest absolute Gasteiger partial charge is 0.0622 e. The summed E-state index contributed by atoms with van der Waals surface area (Å²) in [4.78, 5) is 0. The zero-order valence-corrected chi connectivity index (χ0v) is 15.0. The van der Waals surface area contributed by atoms with Crippen molar-refractivity contribution in [3.05, 3.63) is 12.2 Å². The second kappa shape index (κ2) is 5.08. The van der Waals surface area contributed by atoms with Crippen molar-refractivity contribution in [2.75, 3.05) is 6.61 Å². The zero-order valence-electron chi connectivity index (χ0n) is 15.0. The van der Waals surface area contributed by atoms with Crippen LogP contribution in [0.1, 0.15) is 71.6 Å². The van der Waals surface area contributed by atoms with Crippen molar-refractivity contribution in [2.24, 2.45) is 34.5 Å². The van der Waals surface area contributed by atoms with Crippen molar-refractivity contribution in [1.29, 1.82) is 0 Å². The highest BCUT2D eigenvalue weighted by molar-refractivity contribution is 5.21. The predicted molar refractivity (Wildman–Crippen MR) is 92.9 cm³/mol. The Labute approximate surface area is 141 Å². The van der Waals surface area contributed by atoms with Crippen LogP contribution in [-0.4, -0.2) is 22.4 Å². The number of fused-ring (bicyclic) bond motifs is 5. The molecule has 0 aliphatic heterocycles. The SMILES string of the molecule is C=C1CC[C@H]2[C@@H]3CC[C@H]4C[C@](C)(O)CC[C@]4(CO)[C@H]3CC[C@]12C. The summed E-state index contributed by atoms with van der Waals surface area (Å²) < 4.78 is 0. The van der Waals surface area contributed by atoms with E-state index in [0.717, 1.165) is 31.1 Å². The summed E-state index contributed by atoms with van der Waals surface area (Å²) in [6, 6.07) is 0. The largest absolute Gasteiger partial charge is 0.396 e. The van der Waals surface area contributed by atoms with Gasteiger partial charge in [0, 0.05) is 6.61 Å². The molecular formula is C21H34O2. The normalized spacial score (nSPS) is 55.9. The minimum Gasteiger partial charge on any atom is -0.396 e. The molecule has 2 N–H and O–H groups in total. The molecule has 0 aromatic carbocycles. The lowest BCUT2D eigenvalue weighted by Gasteiger charge is -2.62. The van der Waals surface area contributed by atoms with Gasteiger partial charge in [-0.3, -0.25) is 0 Å². The zero-order chi connectivity index (χ0) is 16.5. The van der Waals surface area contributed by atoms with Crippen LogP contribution in [0, 0.1) is 34.5 Å². The number of hydrogen-bond acceptors (Lipinski definition) is 2. The van der Waals surface area contributed by atoms with Crippen LogP contribution in [0.2, 0.25) is 0 Å². The highest BCUT2D eigenvalue weighted by Gasteiger charge is 2.61. The first-order valence-electron chi connectivity index (χ1n) is 9.84. The van der Waals surface area contributed by atoms with Gasteiger partial charge in [0.1, 0.15) is 0 Å². The maximum Gasteiger partial charge on any atom is 0.0622 e. The van der Waals surface area contributed by atoms with E-state index in [9.17, 15) is 10.2 Å². The molecule has 0 saturated heterocycles. The van der Waals surface area contributed by atoms with E-state index in [1.54, 1.807) is 0 Å². The summed E-state index contributed by atoms with van der Waals surface area (Å²) in [5.41, 5.74) is 1.44. The molecular weight excluding hydrogens is 284 g/mol. The van der Waals surface area contributed by atoms with Crippen LogP contribution in [0.15, 0.2) is 12.2 Å². The molecule has 7 atom stereocenters. The Hall–Kier alpha value is -0.340. The second-order valence-corrected chi connectivity index (χ2v) is 9.84. The molecule has 23 heavy (non-hydrogen) atoms. The van der Waals surface area contributed by atoms with E-state index < -0.39 is 5.60 Å². The fourth-order valence-corrected chi connectivity index (χ4v) is 7.45. The summed E-state index contributed by atoms with van der Waals surface area (Å²) in [6.45, 7) is 9.20. The van der Waals surface area contributed by atoms with Crippen molar-refractivity contribution >= 4 is 0 Å². The Balaban J connectivity index is 1.66. The maximum absolute atomic E-state index is 10.6. The third-order valence-electron chi connectivity index (χ3n) is 8.90. The molecule has 2 heteroatoms. The predicted octanol–water partition coefficient (Wildman–Crippen LogP) is 4.31. The van der Waals surface area contributed by atoms with Gasteiger partial charge < -0.3 is 10.2 Å². The lowest BCUT2D eigenvalue weighted by atomic mass is 9.44. The van der Waals surface area contributed by atoms with Gasteiger partial charge >= 0.3 is 0 Å². The van der Waals surface area contributed by atoms with E-state index in [2.05, 4.69) is 13.5 Å². The average Bonchev–Trinajstić information content (AvgIpc) is 2.82. The van der Waals surface area contributed by atoms with E-state index in [-0.39, 0.29) is 5.41 Å². The van der Waals surface area contributed by atoms with Gasteiger partial charge in [-0.05, 0) is 99.2 Å². The molecule has 4 saturated carbocycles. The molecule has 0 radical (unpaired) electrons. The molecule has 0 bridgehead atoms. The van der Waals surface area contributed by atoms with Crippen LogP contribution in [0.5, 0.6) is 0 Å². The monoisotopic (exact) mass is 318 g/mol. The molecule has 2 nitrogen and oxygen atoms in total. The van der Waals surface area contributed by atoms with Crippen LogP contribution in [0.4, 0.5) is 0 Å². The summed E-state index contributed by atoms with van der Waals surface area (Å²) in [7, 11) is 0. The molecule has 0 aromatic rings. The van der Waals surface area contributed by atoms with E-state index in [1.807, 2.05) is 6.92 Å². The summed E-state index contributed by atoms with van der Waals surface area (Å²) in [5.74, 6) is 2.76. The lowest BCUT2D eigenvalue weighted by molar-refractivity contribution is -0.164. The van der Waals surface area contributed by atoms with Crippen LogP contribution in [-0.2, 0) is 0 Å². The summed E-state index contributed by atoms with van der Waals surface area (Å²) >= 11 is 0. The lowest BCUT2D eigenvalue weighted by Crippen LogP contribution is -2.57. The second-order valence-electron chi connectivity index (χ2n) is 9.84. The van der Waals surface area contributed by atoms with Crippen LogP contribution in [0.25, 0.3) is 0 Å². The van der Waals surface area contributed by atoms with Gasteiger partial charge in [-0.1, -0.05) is 19.1 Å². The Morgan fingerprint density at radius 1 is 1.04 bits per heavy atom. The highest BCUT2D eigenvalue weighted by atomic mass is 16.3. The molecule has 4 aliphatic rings. The van der Waals surface area contributed by atoms with Gasteiger partial charge in [-0.25, -0.2) is 0 Å². The van der Waals surface area contributed by atoms with Crippen molar-refractivity contribution in [3.63, 3.8) is 0 Å². The van der Waals surface area contributed by atoms with Gasteiger partial charge in [0.05, 0.1) is 5.60 Å². The van der Waals surface area contributed by atoms with Gasteiger partial charge in [0.25, 0.3) is 0 Å². The minimum atomic E-state index is -0.513. The average molecular weight is 319 g/mol. The Morgan fingerprint density at radius 3 is 2.57 bits per heavy atom. The molecule has 0 unspecified atom stereocenters. The Bertz CT molecular complexity index is 510. The number of allylic oxidation sites excluding steroid dienone is 1. The molecule has 130 valence electrons. The van der Waals surface area contributed by atoms with E-state index in [1.165, 1.54) is 44.1 Å². The molecule has 0 spiro atoms. The molecule has 0 amide bonds. The van der Waals surface area contributed by atoms with Crippen LogP contribution in [0.3, 0.4) is 0 Å². The van der Waals surface area contributed by atoms with Crippen molar-refractivity contribution in [1.82, 2.24) is 0 Å². The Morgan fingerprint density at radius 2 is 1.83 bits per heavy atom. The van der Waals surface area contributed by atoms with Crippen molar-refractivity contribution < 1.29 is 10.2 Å². The summed E-state index contributed by atoms with van der Waals surface area (Å²) in [5, 5.41) is 21.0. The van der Waals surface area contributed by atoms with E-state index >= 15 is 0 Å². The number of aliphatic hydroxyl groups is 2. The van der Waals surface area contributed by atoms with E-state index in [0.29, 0.717) is 23.9 Å². The quantitative estimate of drug-likeness (QED) is 0.707. The first kappa shape index (κ1) is 16.1. The van der Waals surface area contributed by atoms with Crippen molar-refractivity contribution in [3.8, 4) is 0 Å². The van der Waals surface area contributed by atoms with Gasteiger partial charge in [-0.2, -0.15) is 0 Å². The van der Waals surface area contributed by atoms with Crippen LogP contribution >= 0.6 is 0 Å². The number of aliphatic hydroxyl groups excluding tert-OH is 1. The fraction of sp³-hybridized carbons (Fsp3) is 0.905. The molecule has 0 heterocycles. The van der Waals surface area contributed by atoms with E-state index in [4.69, 9.17) is 0 Å². The topological polar surface area (TPSA) is 40.5 Å². The molecule has 4 aliphatic carbocycles. The first-order chi connectivity index (χ1) is 10.8. The molecule has 4 fully saturated rings. The Kier molecular flexibility index (Phi) is 3.57. The van der Waals surface area contributed by atoms with Gasteiger partial charge in [0.2, 0.25) is 0 Å². The first-order valence-corrected chi connectivity index (χ1v) is 9.84. The molecule has 0 aromatic heterocycles. The van der Waals surface area contributed by atoms with Gasteiger partial charge in [-0.15, -0.1) is 0 Å². The van der Waals surface area contributed by atoms with Crippen LogP contribution < -0.4 is 0 Å². The maximum atomic E-state index is 10.6. The van der Waals surface area contributed by atoms with Crippen molar-refractivity contribution in [2.45, 2.75) is 77.2 Å². The summed E-state index contributed by atoms with van der Waals surface area (Å²) in [6.07, 6.45) is 10.4.